The van der Waals surface area contributed by atoms with Gasteiger partial charge in [0.2, 0.25) is 0 Å². The molecule has 0 atom stereocenters. The Morgan fingerprint density at radius 1 is 1.27 bits per heavy atom. The number of fused-ring (bicyclic) bond motifs is 1. The van der Waals surface area contributed by atoms with Crippen molar-refractivity contribution in [2.24, 2.45) is 7.05 Å². The largest absolute Gasteiger partial charge is 0.440 e. The molecule has 0 aliphatic carbocycles. The zero-order chi connectivity index (χ0) is 8.01. The third kappa shape index (κ3) is 0.753. The lowest BCUT2D eigenvalue weighted by molar-refractivity contribution is 0.544. The Balaban J connectivity index is 2.88. The molecular formula is C7H9N3O. The minimum Gasteiger partial charge on any atom is -0.440 e. The fourth-order valence-corrected chi connectivity index (χ4v) is 1.08. The summed E-state index contributed by atoms with van der Waals surface area (Å²) in [7, 11) is 1.78. The average molecular weight is 151 g/mol. The molecule has 2 aromatic heterocycles. The van der Waals surface area contributed by atoms with Gasteiger partial charge in [-0.1, -0.05) is 0 Å². The monoisotopic (exact) mass is 151 g/mol. The van der Waals surface area contributed by atoms with Crippen molar-refractivity contribution in [3.8, 4) is 0 Å². The molecule has 4 heteroatoms. The van der Waals surface area contributed by atoms with Crippen LogP contribution in [0.1, 0.15) is 11.3 Å². The summed E-state index contributed by atoms with van der Waals surface area (Å²) in [5.41, 5.74) is 2.57. The maximum atomic E-state index is 5.33. The van der Waals surface area contributed by atoms with Crippen LogP contribution in [0.5, 0.6) is 0 Å². The minimum absolute atomic E-state index is 0.627. The zero-order valence-corrected chi connectivity index (χ0v) is 6.75. The van der Waals surface area contributed by atoms with Crippen molar-refractivity contribution in [2.75, 3.05) is 0 Å². The maximum absolute atomic E-state index is 5.33. The van der Waals surface area contributed by atoms with Crippen molar-refractivity contribution in [1.82, 2.24) is 15.0 Å². The Bertz CT molecular complexity index is 399. The highest BCUT2D eigenvalue weighted by atomic mass is 16.3. The van der Waals surface area contributed by atoms with E-state index in [4.69, 9.17) is 4.42 Å². The van der Waals surface area contributed by atoms with Crippen LogP contribution in [0.3, 0.4) is 0 Å². The number of nitrogens with zero attached hydrogens (tertiary/aromatic N) is 3. The molecule has 2 heterocycles. The second-order valence-corrected chi connectivity index (χ2v) is 2.63. The van der Waals surface area contributed by atoms with E-state index in [1.165, 1.54) is 4.80 Å². The maximum Gasteiger partial charge on any atom is 0.266 e. The molecule has 11 heavy (non-hydrogen) atoms. The second kappa shape index (κ2) is 1.84. The summed E-state index contributed by atoms with van der Waals surface area (Å²) < 4.78 is 5.33. The van der Waals surface area contributed by atoms with Crippen molar-refractivity contribution >= 4 is 11.2 Å². The lowest BCUT2D eigenvalue weighted by atomic mass is 10.3. The molecule has 0 fully saturated rings. The first kappa shape index (κ1) is 6.39. The Kier molecular flexibility index (Phi) is 1.07. The molecule has 0 amide bonds. The number of furan rings is 1. The van der Waals surface area contributed by atoms with Gasteiger partial charge in [0.25, 0.3) is 5.71 Å². The molecule has 0 aliphatic heterocycles. The molecule has 0 unspecified atom stereocenters. The fraction of sp³-hybridized carbons (Fsp3) is 0.429. The van der Waals surface area contributed by atoms with Crippen LogP contribution in [0.2, 0.25) is 0 Å². The van der Waals surface area contributed by atoms with Gasteiger partial charge in [-0.2, -0.15) is 4.80 Å². The van der Waals surface area contributed by atoms with Gasteiger partial charge in [-0.15, -0.1) is 10.2 Å². The molecule has 0 spiro atoms. The molecule has 58 valence electrons. The van der Waals surface area contributed by atoms with Crippen LogP contribution in [0.25, 0.3) is 11.2 Å². The van der Waals surface area contributed by atoms with Crippen LogP contribution in [0.15, 0.2) is 4.42 Å². The highest BCUT2D eigenvalue weighted by molar-refractivity contribution is 5.72. The van der Waals surface area contributed by atoms with E-state index in [2.05, 4.69) is 10.2 Å². The zero-order valence-electron chi connectivity index (χ0n) is 6.75. The summed E-state index contributed by atoms with van der Waals surface area (Å²) in [6, 6.07) is 0. The van der Waals surface area contributed by atoms with Gasteiger partial charge in [0.15, 0.2) is 5.52 Å². The van der Waals surface area contributed by atoms with Crippen molar-refractivity contribution in [1.29, 1.82) is 0 Å². The first-order chi connectivity index (χ1) is 5.18. The standard InChI is InChI=1S/C7H9N3O/c1-4-5(2)11-7-6(4)8-10(3)9-7/h1-3H3. The van der Waals surface area contributed by atoms with Crippen LogP contribution in [-0.4, -0.2) is 15.0 Å². The van der Waals surface area contributed by atoms with Gasteiger partial charge in [0, 0.05) is 12.6 Å². The molecule has 4 nitrogen and oxygen atoms in total. The van der Waals surface area contributed by atoms with Crippen LogP contribution < -0.4 is 0 Å². The molecule has 2 aromatic rings. The van der Waals surface area contributed by atoms with Crippen LogP contribution >= 0.6 is 0 Å². The van der Waals surface area contributed by atoms with Crippen LogP contribution in [0.4, 0.5) is 0 Å². The van der Waals surface area contributed by atoms with Gasteiger partial charge in [-0.3, -0.25) is 0 Å². The fourth-order valence-electron chi connectivity index (χ4n) is 1.08. The molecule has 0 N–H and O–H groups in total. The van der Waals surface area contributed by atoms with Gasteiger partial charge in [0.1, 0.15) is 5.76 Å². The van der Waals surface area contributed by atoms with E-state index in [0.717, 1.165) is 16.8 Å². The molecular weight excluding hydrogens is 142 g/mol. The summed E-state index contributed by atoms with van der Waals surface area (Å²) in [5.74, 6) is 0.899. The molecule has 0 saturated carbocycles. The predicted octanol–water partition coefficient (Wildman–Crippen LogP) is 1.18. The minimum atomic E-state index is 0.627. The van der Waals surface area contributed by atoms with E-state index in [1.807, 2.05) is 13.8 Å². The number of aryl methyl sites for hydroxylation is 3. The van der Waals surface area contributed by atoms with Crippen molar-refractivity contribution in [3.63, 3.8) is 0 Å². The van der Waals surface area contributed by atoms with Crippen molar-refractivity contribution in [2.45, 2.75) is 13.8 Å². The summed E-state index contributed by atoms with van der Waals surface area (Å²) in [6.45, 7) is 3.90. The Morgan fingerprint density at radius 3 is 2.64 bits per heavy atom. The lowest BCUT2D eigenvalue weighted by Gasteiger charge is -1.85. The van der Waals surface area contributed by atoms with E-state index < -0.39 is 0 Å². The molecule has 0 saturated heterocycles. The first-order valence-corrected chi connectivity index (χ1v) is 3.45. The van der Waals surface area contributed by atoms with Gasteiger partial charge in [-0.05, 0) is 13.8 Å². The molecule has 2 rings (SSSR count). The highest BCUT2D eigenvalue weighted by Gasteiger charge is 2.10. The SMILES string of the molecule is Cc1oc2nn(C)nc2c1C. The summed E-state index contributed by atoms with van der Waals surface area (Å²) in [4.78, 5) is 1.51. The highest BCUT2D eigenvalue weighted by Crippen LogP contribution is 2.19. The Labute approximate surface area is 63.8 Å². The Hall–Kier alpha value is -1.32. The summed E-state index contributed by atoms with van der Waals surface area (Å²) in [5, 5.41) is 8.18. The van der Waals surface area contributed by atoms with E-state index >= 15 is 0 Å². The van der Waals surface area contributed by atoms with Crippen molar-refractivity contribution < 1.29 is 4.42 Å². The van der Waals surface area contributed by atoms with Crippen LogP contribution in [0, 0.1) is 13.8 Å². The summed E-state index contributed by atoms with van der Waals surface area (Å²) in [6.07, 6.45) is 0. The number of hydrogen-bond donors (Lipinski definition) is 0. The van der Waals surface area contributed by atoms with E-state index in [9.17, 15) is 0 Å². The Morgan fingerprint density at radius 2 is 2.00 bits per heavy atom. The number of hydrogen-bond acceptors (Lipinski definition) is 3. The quantitative estimate of drug-likeness (QED) is 0.567. The van der Waals surface area contributed by atoms with Crippen LogP contribution in [-0.2, 0) is 7.05 Å². The number of aromatic nitrogens is 3. The first-order valence-electron chi connectivity index (χ1n) is 3.45. The third-order valence-electron chi connectivity index (χ3n) is 1.82. The molecule has 0 aliphatic rings. The van der Waals surface area contributed by atoms with Crippen molar-refractivity contribution in [3.05, 3.63) is 11.3 Å². The predicted molar refractivity (Wildman–Crippen MR) is 40.2 cm³/mol. The lowest BCUT2D eigenvalue weighted by Crippen LogP contribution is -1.91. The average Bonchev–Trinajstić information content (AvgIpc) is 2.37. The molecule has 0 aromatic carbocycles. The van der Waals surface area contributed by atoms with Gasteiger partial charge >= 0.3 is 0 Å². The second-order valence-electron chi connectivity index (χ2n) is 2.63. The topological polar surface area (TPSA) is 43.9 Å². The molecule has 0 bridgehead atoms. The normalized spacial score (nSPS) is 11.2. The number of rotatable bonds is 0. The summed E-state index contributed by atoms with van der Waals surface area (Å²) >= 11 is 0. The van der Waals surface area contributed by atoms with E-state index in [1.54, 1.807) is 7.05 Å². The molecule has 0 radical (unpaired) electrons. The van der Waals surface area contributed by atoms with E-state index in [-0.39, 0.29) is 0 Å². The smallest absolute Gasteiger partial charge is 0.266 e. The van der Waals surface area contributed by atoms with Gasteiger partial charge in [-0.25, -0.2) is 0 Å². The third-order valence-corrected chi connectivity index (χ3v) is 1.82. The van der Waals surface area contributed by atoms with Gasteiger partial charge < -0.3 is 4.42 Å². The van der Waals surface area contributed by atoms with Gasteiger partial charge in [0.05, 0.1) is 0 Å². The van der Waals surface area contributed by atoms with E-state index in [0.29, 0.717) is 5.71 Å².